The van der Waals surface area contributed by atoms with Crippen LogP contribution in [0.3, 0.4) is 0 Å². The fourth-order valence-electron chi connectivity index (χ4n) is 1.66. The van der Waals surface area contributed by atoms with E-state index in [4.69, 9.17) is 4.74 Å². The van der Waals surface area contributed by atoms with E-state index in [1.54, 1.807) is 0 Å². The van der Waals surface area contributed by atoms with Crippen LogP contribution >= 0.6 is 0 Å². The molecular formula is C14H23NO. The third-order valence-corrected chi connectivity index (χ3v) is 2.54. The molecule has 2 heteroatoms. The summed E-state index contributed by atoms with van der Waals surface area (Å²) in [5.41, 5.74) is 2.54. The molecular weight excluding hydrogens is 198 g/mol. The molecule has 0 radical (unpaired) electrons. The minimum atomic E-state index is -0.0839. The molecule has 0 bridgehead atoms. The van der Waals surface area contributed by atoms with Gasteiger partial charge in [-0.3, -0.25) is 0 Å². The molecule has 0 fully saturated rings. The lowest BCUT2D eigenvalue weighted by molar-refractivity contribution is -0.00897. The molecule has 0 aromatic heterocycles. The Hall–Kier alpha value is -0.860. The lowest BCUT2D eigenvalue weighted by Crippen LogP contribution is -2.37. The van der Waals surface area contributed by atoms with E-state index in [-0.39, 0.29) is 5.60 Å². The summed E-state index contributed by atoms with van der Waals surface area (Å²) in [5, 5.41) is 3.42. The Bertz CT molecular complexity index is 303. The standard InChI is InChI=1S/C14H23NO/c1-5-16-14(3,4)11-15-10-13-8-6-12(2)7-9-13/h6-9,15H,5,10-11H2,1-4H3. The van der Waals surface area contributed by atoms with Crippen LogP contribution < -0.4 is 5.32 Å². The van der Waals surface area contributed by atoms with Crippen LogP contribution in [-0.2, 0) is 11.3 Å². The van der Waals surface area contributed by atoms with Crippen LogP contribution in [0, 0.1) is 6.92 Å². The van der Waals surface area contributed by atoms with E-state index < -0.39 is 0 Å². The van der Waals surface area contributed by atoms with Gasteiger partial charge in [0.25, 0.3) is 0 Å². The third-order valence-electron chi connectivity index (χ3n) is 2.54. The molecule has 1 aromatic rings. The summed E-state index contributed by atoms with van der Waals surface area (Å²) in [6.07, 6.45) is 0. The van der Waals surface area contributed by atoms with Crippen molar-refractivity contribution in [3.8, 4) is 0 Å². The number of nitrogens with one attached hydrogen (secondary N) is 1. The monoisotopic (exact) mass is 221 g/mol. The highest BCUT2D eigenvalue weighted by Gasteiger charge is 2.16. The van der Waals surface area contributed by atoms with Gasteiger partial charge in [0.1, 0.15) is 0 Å². The molecule has 1 aromatic carbocycles. The van der Waals surface area contributed by atoms with Crippen molar-refractivity contribution in [2.45, 2.75) is 39.8 Å². The summed E-state index contributed by atoms with van der Waals surface area (Å²) in [6.45, 7) is 10.9. The van der Waals surface area contributed by atoms with Crippen molar-refractivity contribution in [2.75, 3.05) is 13.2 Å². The first kappa shape index (κ1) is 13.2. The molecule has 16 heavy (non-hydrogen) atoms. The van der Waals surface area contributed by atoms with E-state index in [0.717, 1.165) is 19.7 Å². The number of rotatable bonds is 6. The normalized spacial score (nSPS) is 11.8. The van der Waals surface area contributed by atoms with E-state index in [9.17, 15) is 0 Å². The van der Waals surface area contributed by atoms with Crippen LogP contribution in [0.1, 0.15) is 31.9 Å². The quantitative estimate of drug-likeness (QED) is 0.797. The lowest BCUT2D eigenvalue weighted by Gasteiger charge is -2.25. The zero-order chi connectivity index (χ0) is 12.0. The van der Waals surface area contributed by atoms with Crippen LogP contribution in [0.25, 0.3) is 0 Å². The summed E-state index contributed by atoms with van der Waals surface area (Å²) in [4.78, 5) is 0. The van der Waals surface area contributed by atoms with Gasteiger partial charge in [-0.2, -0.15) is 0 Å². The largest absolute Gasteiger partial charge is 0.375 e. The number of benzene rings is 1. The first-order valence-corrected chi connectivity index (χ1v) is 5.94. The molecule has 0 saturated carbocycles. The summed E-state index contributed by atoms with van der Waals surface area (Å²) in [6, 6.07) is 8.61. The van der Waals surface area contributed by atoms with E-state index in [0.29, 0.717) is 0 Å². The number of hydrogen-bond acceptors (Lipinski definition) is 2. The van der Waals surface area contributed by atoms with Crippen LogP contribution in [0.15, 0.2) is 24.3 Å². The molecule has 0 aliphatic rings. The molecule has 0 aliphatic heterocycles. The third kappa shape index (κ3) is 4.77. The van der Waals surface area contributed by atoms with Crippen molar-refractivity contribution in [2.24, 2.45) is 0 Å². The van der Waals surface area contributed by atoms with Gasteiger partial charge < -0.3 is 10.1 Å². The van der Waals surface area contributed by atoms with E-state index in [1.165, 1.54) is 11.1 Å². The zero-order valence-corrected chi connectivity index (χ0v) is 10.8. The van der Waals surface area contributed by atoms with Crippen LogP contribution in [0.5, 0.6) is 0 Å². The van der Waals surface area contributed by atoms with Crippen molar-refractivity contribution in [3.63, 3.8) is 0 Å². The topological polar surface area (TPSA) is 21.3 Å². The second kappa shape index (κ2) is 6.02. The molecule has 0 spiro atoms. The number of aryl methyl sites for hydroxylation is 1. The molecule has 1 rings (SSSR count). The molecule has 0 saturated heterocycles. The second-order valence-corrected chi connectivity index (χ2v) is 4.78. The molecule has 0 unspecified atom stereocenters. The fourth-order valence-corrected chi connectivity index (χ4v) is 1.66. The summed E-state index contributed by atoms with van der Waals surface area (Å²) < 4.78 is 5.62. The summed E-state index contributed by atoms with van der Waals surface area (Å²) >= 11 is 0. The van der Waals surface area contributed by atoms with Crippen LogP contribution in [0.4, 0.5) is 0 Å². The summed E-state index contributed by atoms with van der Waals surface area (Å²) in [7, 11) is 0. The molecule has 90 valence electrons. The van der Waals surface area contributed by atoms with Gasteiger partial charge in [-0.1, -0.05) is 29.8 Å². The maximum absolute atomic E-state index is 5.62. The highest BCUT2D eigenvalue weighted by Crippen LogP contribution is 2.08. The maximum Gasteiger partial charge on any atom is 0.0750 e. The summed E-state index contributed by atoms with van der Waals surface area (Å²) in [5.74, 6) is 0. The van der Waals surface area contributed by atoms with Gasteiger partial charge in [0.15, 0.2) is 0 Å². The average molecular weight is 221 g/mol. The lowest BCUT2D eigenvalue weighted by atomic mass is 10.1. The molecule has 0 heterocycles. The van der Waals surface area contributed by atoms with Crippen molar-refractivity contribution >= 4 is 0 Å². The first-order chi connectivity index (χ1) is 7.53. The van der Waals surface area contributed by atoms with Gasteiger partial charge in [-0.05, 0) is 33.3 Å². The molecule has 2 nitrogen and oxygen atoms in total. The van der Waals surface area contributed by atoms with Gasteiger partial charge in [0, 0.05) is 19.7 Å². The molecule has 1 N–H and O–H groups in total. The van der Waals surface area contributed by atoms with Gasteiger partial charge in [0.05, 0.1) is 5.60 Å². The highest BCUT2D eigenvalue weighted by atomic mass is 16.5. The van der Waals surface area contributed by atoms with Crippen LogP contribution in [0.2, 0.25) is 0 Å². The Labute approximate surface area is 99.0 Å². The molecule has 0 aliphatic carbocycles. The van der Waals surface area contributed by atoms with Crippen molar-refractivity contribution in [1.82, 2.24) is 5.32 Å². The Morgan fingerprint density at radius 2 is 1.81 bits per heavy atom. The van der Waals surface area contributed by atoms with Gasteiger partial charge in [-0.25, -0.2) is 0 Å². The predicted octanol–water partition coefficient (Wildman–Crippen LogP) is 2.90. The second-order valence-electron chi connectivity index (χ2n) is 4.78. The van der Waals surface area contributed by atoms with Gasteiger partial charge >= 0.3 is 0 Å². The Kier molecular flexibility index (Phi) is 4.97. The van der Waals surface area contributed by atoms with E-state index in [2.05, 4.69) is 50.4 Å². The van der Waals surface area contributed by atoms with Crippen molar-refractivity contribution in [1.29, 1.82) is 0 Å². The van der Waals surface area contributed by atoms with E-state index in [1.807, 2.05) is 6.92 Å². The minimum Gasteiger partial charge on any atom is -0.375 e. The predicted molar refractivity (Wildman–Crippen MR) is 68.6 cm³/mol. The number of ether oxygens (including phenoxy) is 1. The maximum atomic E-state index is 5.62. The first-order valence-electron chi connectivity index (χ1n) is 5.94. The minimum absolute atomic E-state index is 0.0839. The van der Waals surface area contributed by atoms with Gasteiger partial charge in [-0.15, -0.1) is 0 Å². The Morgan fingerprint density at radius 3 is 2.38 bits per heavy atom. The average Bonchev–Trinajstić information content (AvgIpc) is 2.20. The smallest absolute Gasteiger partial charge is 0.0750 e. The van der Waals surface area contributed by atoms with Crippen molar-refractivity contribution < 1.29 is 4.74 Å². The molecule has 0 atom stereocenters. The Balaban J connectivity index is 2.32. The fraction of sp³-hybridized carbons (Fsp3) is 0.571. The number of hydrogen-bond donors (Lipinski definition) is 1. The van der Waals surface area contributed by atoms with E-state index >= 15 is 0 Å². The van der Waals surface area contributed by atoms with Crippen molar-refractivity contribution in [3.05, 3.63) is 35.4 Å². The highest BCUT2D eigenvalue weighted by molar-refractivity contribution is 5.21. The molecule has 0 amide bonds. The Morgan fingerprint density at radius 1 is 1.19 bits per heavy atom. The van der Waals surface area contributed by atoms with Gasteiger partial charge in [0.2, 0.25) is 0 Å². The zero-order valence-electron chi connectivity index (χ0n) is 10.8. The van der Waals surface area contributed by atoms with Crippen LogP contribution in [-0.4, -0.2) is 18.8 Å². The SMILES string of the molecule is CCOC(C)(C)CNCc1ccc(C)cc1.